The van der Waals surface area contributed by atoms with Crippen LogP contribution in [0.25, 0.3) is 0 Å². The highest BCUT2D eigenvalue weighted by Crippen LogP contribution is 2.42. The molecule has 4 nitrogen and oxygen atoms in total. The molecule has 2 aromatic rings. The molecule has 1 heterocycles. The second kappa shape index (κ2) is 9.65. The van der Waals surface area contributed by atoms with Crippen LogP contribution >= 0.6 is 11.8 Å². The van der Waals surface area contributed by atoms with Gasteiger partial charge < -0.3 is 9.80 Å². The predicted octanol–water partition coefficient (Wildman–Crippen LogP) is 5.65. The summed E-state index contributed by atoms with van der Waals surface area (Å²) in [5, 5.41) is 0. The lowest BCUT2D eigenvalue weighted by Gasteiger charge is -2.31. The summed E-state index contributed by atoms with van der Waals surface area (Å²) in [6.07, 6.45) is -3.17. The summed E-state index contributed by atoms with van der Waals surface area (Å²) >= 11 is 1.18. The number of hydrogen-bond donors (Lipinski definition) is 0. The van der Waals surface area contributed by atoms with Gasteiger partial charge in [0, 0.05) is 24.1 Å². The lowest BCUT2D eigenvalue weighted by molar-refractivity contribution is -0.137. The van der Waals surface area contributed by atoms with E-state index < -0.39 is 17.6 Å². The predicted molar refractivity (Wildman–Crippen MR) is 120 cm³/mol. The quantitative estimate of drug-likeness (QED) is 0.413. The van der Waals surface area contributed by atoms with E-state index in [1.165, 1.54) is 28.8 Å². The first kappa shape index (κ1) is 23.7. The summed E-state index contributed by atoms with van der Waals surface area (Å²) < 4.78 is 39.4. The van der Waals surface area contributed by atoms with Gasteiger partial charge in [-0.1, -0.05) is 48.2 Å². The minimum atomic E-state index is -4.47. The minimum absolute atomic E-state index is 0.0465. The average Bonchev–Trinajstić information content (AvgIpc) is 2.74. The molecule has 0 aromatic heterocycles. The first-order valence-corrected chi connectivity index (χ1v) is 10.8. The van der Waals surface area contributed by atoms with Gasteiger partial charge in [0.15, 0.2) is 0 Å². The van der Waals surface area contributed by atoms with Gasteiger partial charge in [-0.15, -0.1) is 0 Å². The zero-order valence-electron chi connectivity index (χ0n) is 17.8. The fourth-order valence-electron chi connectivity index (χ4n) is 3.32. The second-order valence-corrected chi connectivity index (χ2v) is 8.56. The normalized spacial score (nSPS) is 15.0. The summed E-state index contributed by atoms with van der Waals surface area (Å²) in [5.41, 5.74) is 0.987. The third-order valence-electron chi connectivity index (χ3n) is 4.84. The summed E-state index contributed by atoms with van der Waals surface area (Å²) in [6, 6.07) is 12.0. The largest absolute Gasteiger partial charge is 0.416 e. The Morgan fingerprint density at radius 2 is 1.91 bits per heavy atom. The number of hydrogen-bond acceptors (Lipinski definition) is 3. The Hall–Kier alpha value is -3.00. The van der Waals surface area contributed by atoms with Crippen molar-refractivity contribution >= 4 is 29.3 Å². The Morgan fingerprint density at radius 3 is 2.56 bits per heavy atom. The number of carbonyl (C=O) groups excluding carboxylic acids is 2. The van der Waals surface area contributed by atoms with E-state index in [0.29, 0.717) is 24.3 Å². The molecular weight excluding hydrogens is 437 g/mol. The molecule has 168 valence electrons. The lowest BCUT2D eigenvalue weighted by Crippen LogP contribution is -2.35. The third kappa shape index (κ3) is 5.43. The van der Waals surface area contributed by atoms with Crippen molar-refractivity contribution in [2.45, 2.75) is 31.5 Å². The van der Waals surface area contributed by atoms with Crippen LogP contribution < -0.4 is 4.90 Å². The number of carbonyl (C=O) groups is 2. The maximum Gasteiger partial charge on any atom is 0.416 e. The van der Waals surface area contributed by atoms with Crippen LogP contribution in [0.5, 0.6) is 0 Å². The number of thioether (sulfide) groups is 1. The zero-order chi connectivity index (χ0) is 23.5. The van der Waals surface area contributed by atoms with Gasteiger partial charge in [-0.2, -0.15) is 13.2 Å². The van der Waals surface area contributed by atoms with Gasteiger partial charge in [-0.05, 0) is 43.7 Å². The Bertz CT molecular complexity index is 1080. The molecular formula is C24H23F3N2O2S. The van der Waals surface area contributed by atoms with Gasteiger partial charge in [0.05, 0.1) is 22.7 Å². The van der Waals surface area contributed by atoms with E-state index in [1.54, 1.807) is 23.1 Å². The monoisotopic (exact) mass is 460 g/mol. The third-order valence-corrected chi connectivity index (χ3v) is 5.91. The summed E-state index contributed by atoms with van der Waals surface area (Å²) in [5.74, 6) is -0.740. The average molecular weight is 461 g/mol. The number of anilines is 1. The molecule has 3 rings (SSSR count). The number of para-hydroxylation sites is 1. The van der Waals surface area contributed by atoms with E-state index in [1.807, 2.05) is 26.0 Å². The molecule has 32 heavy (non-hydrogen) atoms. The molecule has 0 saturated carbocycles. The van der Waals surface area contributed by atoms with Gasteiger partial charge in [0.2, 0.25) is 5.91 Å². The standard InChI is InChI=1S/C24H23F3N2O2S/c1-4-28(14-16(2)3)22(30)13-21-23(31)29(19-10-5-6-11-20(19)32-21)15-17-8-7-9-18(12-17)24(25,26)27/h5-13H,2,4,14-15H2,1,3H3/b21-13+. The number of benzene rings is 2. The Balaban J connectivity index is 1.95. The number of amides is 2. The molecule has 0 N–H and O–H groups in total. The number of likely N-dealkylation sites (N-methyl/N-ethyl adjacent to an activating group) is 1. The number of fused-ring (bicyclic) bond motifs is 1. The topological polar surface area (TPSA) is 40.6 Å². The maximum absolute atomic E-state index is 13.3. The van der Waals surface area contributed by atoms with Crippen LogP contribution in [0.3, 0.4) is 0 Å². The van der Waals surface area contributed by atoms with E-state index in [9.17, 15) is 22.8 Å². The van der Waals surface area contributed by atoms with Crippen molar-refractivity contribution in [3.05, 3.63) is 82.8 Å². The maximum atomic E-state index is 13.3. The Morgan fingerprint density at radius 1 is 1.19 bits per heavy atom. The molecule has 8 heteroatoms. The van der Waals surface area contributed by atoms with Crippen molar-refractivity contribution in [3.63, 3.8) is 0 Å². The Labute approximate surface area is 189 Å². The summed E-state index contributed by atoms with van der Waals surface area (Å²) in [6.45, 7) is 8.27. The van der Waals surface area contributed by atoms with E-state index in [0.717, 1.165) is 22.6 Å². The number of alkyl halides is 3. The van der Waals surface area contributed by atoms with Crippen molar-refractivity contribution in [3.8, 4) is 0 Å². The van der Waals surface area contributed by atoms with Crippen molar-refractivity contribution in [2.24, 2.45) is 0 Å². The SMILES string of the molecule is C=C(C)CN(CC)C(=O)/C=C1/Sc2ccccc2N(Cc2cccc(C(F)(F)F)c2)C1=O. The summed E-state index contributed by atoms with van der Waals surface area (Å²) in [4.78, 5) is 30.0. The highest BCUT2D eigenvalue weighted by atomic mass is 32.2. The highest BCUT2D eigenvalue weighted by Gasteiger charge is 2.32. The van der Waals surface area contributed by atoms with Crippen LogP contribution in [0.15, 0.2) is 76.6 Å². The van der Waals surface area contributed by atoms with Crippen LogP contribution in [0.2, 0.25) is 0 Å². The van der Waals surface area contributed by atoms with Crippen molar-refractivity contribution < 1.29 is 22.8 Å². The molecule has 0 unspecified atom stereocenters. The number of halogens is 3. The van der Waals surface area contributed by atoms with Crippen LogP contribution in [0, 0.1) is 0 Å². The molecule has 0 aliphatic carbocycles. The molecule has 1 aliphatic rings. The fourth-order valence-corrected chi connectivity index (χ4v) is 4.35. The van der Waals surface area contributed by atoms with Crippen molar-refractivity contribution in [1.82, 2.24) is 4.90 Å². The molecule has 2 amide bonds. The molecule has 2 aromatic carbocycles. The molecule has 0 spiro atoms. The fraction of sp³-hybridized carbons (Fsp3) is 0.250. The lowest BCUT2D eigenvalue weighted by atomic mass is 10.1. The highest BCUT2D eigenvalue weighted by molar-refractivity contribution is 8.04. The first-order chi connectivity index (χ1) is 15.1. The van der Waals surface area contributed by atoms with Gasteiger partial charge in [-0.25, -0.2) is 0 Å². The molecule has 0 fully saturated rings. The molecule has 0 saturated heterocycles. The van der Waals surface area contributed by atoms with Crippen LogP contribution in [-0.2, 0) is 22.3 Å². The molecule has 0 radical (unpaired) electrons. The minimum Gasteiger partial charge on any atom is -0.335 e. The van der Waals surface area contributed by atoms with Crippen molar-refractivity contribution in [2.75, 3.05) is 18.0 Å². The van der Waals surface area contributed by atoms with Crippen LogP contribution in [0.4, 0.5) is 18.9 Å². The van der Waals surface area contributed by atoms with Crippen LogP contribution in [0.1, 0.15) is 25.0 Å². The van der Waals surface area contributed by atoms with Crippen molar-refractivity contribution in [1.29, 1.82) is 0 Å². The smallest absolute Gasteiger partial charge is 0.335 e. The summed E-state index contributed by atoms with van der Waals surface area (Å²) in [7, 11) is 0. The van der Waals surface area contributed by atoms with Gasteiger partial charge in [0.25, 0.3) is 5.91 Å². The second-order valence-electron chi connectivity index (χ2n) is 7.48. The van der Waals surface area contributed by atoms with E-state index in [-0.39, 0.29) is 17.4 Å². The van der Waals surface area contributed by atoms with E-state index in [4.69, 9.17) is 0 Å². The van der Waals surface area contributed by atoms with E-state index in [2.05, 4.69) is 6.58 Å². The number of rotatable bonds is 6. The van der Waals surface area contributed by atoms with Gasteiger partial charge >= 0.3 is 6.18 Å². The zero-order valence-corrected chi connectivity index (χ0v) is 18.6. The molecule has 1 aliphatic heterocycles. The van der Waals surface area contributed by atoms with Gasteiger partial charge in [0.1, 0.15) is 0 Å². The number of nitrogens with zero attached hydrogens (tertiary/aromatic N) is 2. The van der Waals surface area contributed by atoms with Gasteiger partial charge in [-0.3, -0.25) is 9.59 Å². The van der Waals surface area contributed by atoms with E-state index >= 15 is 0 Å². The first-order valence-electron chi connectivity index (χ1n) is 10.00. The Kier molecular flexibility index (Phi) is 7.13. The molecule has 0 atom stereocenters. The van der Waals surface area contributed by atoms with Crippen LogP contribution in [-0.4, -0.2) is 29.8 Å². The molecule has 0 bridgehead atoms.